The highest BCUT2D eigenvalue weighted by atomic mass is 16.3. The Morgan fingerprint density at radius 2 is 1.81 bits per heavy atom. The van der Waals surface area contributed by atoms with Gasteiger partial charge in [0.15, 0.2) is 5.75 Å². The van der Waals surface area contributed by atoms with E-state index in [0.717, 1.165) is 57.0 Å². The summed E-state index contributed by atoms with van der Waals surface area (Å²) in [6.07, 6.45) is 2.31. The van der Waals surface area contributed by atoms with E-state index in [1.807, 2.05) is 6.92 Å². The zero-order valence-electron chi connectivity index (χ0n) is 13.0. The van der Waals surface area contributed by atoms with Crippen LogP contribution < -0.4 is 5.43 Å². The molecule has 1 aromatic heterocycles. The van der Waals surface area contributed by atoms with Crippen LogP contribution in [0, 0.1) is 6.92 Å². The molecule has 0 bridgehead atoms. The van der Waals surface area contributed by atoms with Gasteiger partial charge in [0, 0.05) is 50.5 Å². The molecule has 2 fully saturated rings. The number of pyridine rings is 1. The first-order valence-electron chi connectivity index (χ1n) is 7.99. The van der Waals surface area contributed by atoms with Gasteiger partial charge in [0.1, 0.15) is 0 Å². The van der Waals surface area contributed by atoms with Crippen molar-refractivity contribution in [1.29, 1.82) is 0 Å². The first-order chi connectivity index (χ1) is 10.1. The second kappa shape index (κ2) is 5.81. The Kier molecular flexibility index (Phi) is 4.04. The lowest BCUT2D eigenvalue weighted by molar-refractivity contribution is 0.128. The Hall–Kier alpha value is -1.33. The Bertz CT molecular complexity index is 570. The van der Waals surface area contributed by atoms with Gasteiger partial charge >= 0.3 is 0 Å². The number of aromatic nitrogens is 1. The zero-order valence-corrected chi connectivity index (χ0v) is 13.0. The van der Waals surface area contributed by atoms with E-state index < -0.39 is 0 Å². The number of rotatable bonds is 4. The van der Waals surface area contributed by atoms with Crippen molar-refractivity contribution in [1.82, 2.24) is 14.4 Å². The molecule has 5 heteroatoms. The second-order valence-electron chi connectivity index (χ2n) is 6.26. The average molecular weight is 291 g/mol. The molecule has 0 atom stereocenters. The minimum Gasteiger partial charge on any atom is -0.503 e. The van der Waals surface area contributed by atoms with E-state index in [0.29, 0.717) is 12.6 Å². The first kappa shape index (κ1) is 14.6. The molecule has 2 aliphatic rings. The number of likely N-dealkylation sites (N-methyl/N-ethyl adjacent to an activating group) is 1. The van der Waals surface area contributed by atoms with Gasteiger partial charge in [-0.1, -0.05) is 6.92 Å². The SMILES string of the molecule is CCN1CCN(Cc2c(O)c(=O)cc(C)n2C2CC2)CC1. The summed E-state index contributed by atoms with van der Waals surface area (Å²) in [6, 6.07) is 2.04. The average Bonchev–Trinajstić information content (AvgIpc) is 3.30. The lowest BCUT2D eigenvalue weighted by Gasteiger charge is -2.34. The van der Waals surface area contributed by atoms with Crippen LogP contribution in [-0.2, 0) is 6.54 Å². The summed E-state index contributed by atoms with van der Waals surface area (Å²) >= 11 is 0. The van der Waals surface area contributed by atoms with Crippen molar-refractivity contribution in [2.75, 3.05) is 32.7 Å². The molecule has 1 aliphatic heterocycles. The fourth-order valence-electron chi connectivity index (χ4n) is 3.26. The molecule has 0 aromatic carbocycles. The van der Waals surface area contributed by atoms with Gasteiger partial charge in [0.2, 0.25) is 5.43 Å². The molecule has 1 N–H and O–H groups in total. The summed E-state index contributed by atoms with van der Waals surface area (Å²) in [4.78, 5) is 16.7. The van der Waals surface area contributed by atoms with Crippen LogP contribution >= 0.6 is 0 Å². The number of hydrogen-bond donors (Lipinski definition) is 1. The predicted octanol–water partition coefficient (Wildman–Crippen LogP) is 1.33. The van der Waals surface area contributed by atoms with Crippen LogP contribution in [0.3, 0.4) is 0 Å². The molecule has 0 radical (unpaired) electrons. The molecule has 116 valence electrons. The second-order valence-corrected chi connectivity index (χ2v) is 6.26. The molecule has 1 saturated heterocycles. The monoisotopic (exact) mass is 291 g/mol. The topological polar surface area (TPSA) is 48.7 Å². The van der Waals surface area contributed by atoms with Crippen LogP contribution in [0.2, 0.25) is 0 Å². The van der Waals surface area contributed by atoms with Crippen LogP contribution in [-0.4, -0.2) is 52.2 Å². The highest BCUT2D eigenvalue weighted by Gasteiger charge is 2.29. The summed E-state index contributed by atoms with van der Waals surface area (Å²) in [5.74, 6) is -0.0505. The number of nitrogens with zero attached hydrogens (tertiary/aromatic N) is 3. The van der Waals surface area contributed by atoms with Gasteiger partial charge in [-0.15, -0.1) is 0 Å². The summed E-state index contributed by atoms with van der Waals surface area (Å²) in [7, 11) is 0. The fraction of sp³-hybridized carbons (Fsp3) is 0.688. The third-order valence-electron chi connectivity index (χ3n) is 4.72. The molecule has 1 aliphatic carbocycles. The number of piperazine rings is 1. The van der Waals surface area contributed by atoms with Crippen molar-refractivity contribution in [3.63, 3.8) is 0 Å². The van der Waals surface area contributed by atoms with E-state index in [9.17, 15) is 9.90 Å². The summed E-state index contributed by atoms with van der Waals surface area (Å²) in [5, 5.41) is 10.2. The molecule has 0 amide bonds. The number of aromatic hydroxyl groups is 1. The van der Waals surface area contributed by atoms with Gasteiger partial charge in [0.05, 0.1) is 5.69 Å². The molecule has 5 nitrogen and oxygen atoms in total. The third-order valence-corrected chi connectivity index (χ3v) is 4.72. The third kappa shape index (κ3) is 2.99. The summed E-state index contributed by atoms with van der Waals surface area (Å²) in [6.45, 7) is 10.1. The van der Waals surface area contributed by atoms with Gasteiger partial charge in [-0.25, -0.2) is 0 Å². The highest BCUT2D eigenvalue weighted by molar-refractivity contribution is 5.31. The summed E-state index contributed by atoms with van der Waals surface area (Å²) < 4.78 is 2.18. The molecule has 21 heavy (non-hydrogen) atoms. The first-order valence-corrected chi connectivity index (χ1v) is 7.99. The standard InChI is InChI=1S/C16H25N3O2/c1-3-17-6-8-18(9-7-17)11-14-16(21)15(20)10-12(2)19(14)13-4-5-13/h10,13,21H,3-9,11H2,1-2H3. The van der Waals surface area contributed by atoms with Crippen LogP contribution in [0.15, 0.2) is 10.9 Å². The van der Waals surface area contributed by atoms with E-state index in [1.54, 1.807) is 6.07 Å². The fourth-order valence-corrected chi connectivity index (χ4v) is 3.26. The number of hydrogen-bond acceptors (Lipinski definition) is 4. The van der Waals surface area contributed by atoms with Gasteiger partial charge < -0.3 is 14.6 Å². The van der Waals surface area contributed by atoms with Crippen molar-refractivity contribution in [2.24, 2.45) is 0 Å². The van der Waals surface area contributed by atoms with Crippen LogP contribution in [0.5, 0.6) is 5.75 Å². The minimum absolute atomic E-state index is 0.0505. The van der Waals surface area contributed by atoms with Crippen molar-refractivity contribution in [3.05, 3.63) is 27.7 Å². The van der Waals surface area contributed by atoms with E-state index in [1.165, 1.54) is 0 Å². The molecule has 1 saturated carbocycles. The predicted molar refractivity (Wildman–Crippen MR) is 82.8 cm³/mol. The summed E-state index contributed by atoms with van der Waals surface area (Å²) in [5.41, 5.74) is 1.54. The minimum atomic E-state index is -0.244. The van der Waals surface area contributed by atoms with E-state index in [-0.39, 0.29) is 11.2 Å². The van der Waals surface area contributed by atoms with Crippen LogP contribution in [0.4, 0.5) is 0 Å². The van der Waals surface area contributed by atoms with Crippen molar-refractivity contribution in [3.8, 4) is 5.75 Å². The van der Waals surface area contributed by atoms with Crippen LogP contribution in [0.1, 0.15) is 37.2 Å². The highest BCUT2D eigenvalue weighted by Crippen LogP contribution is 2.38. The molecule has 1 aromatic rings. The molecule has 0 spiro atoms. The van der Waals surface area contributed by atoms with Crippen molar-refractivity contribution in [2.45, 2.75) is 39.3 Å². The smallest absolute Gasteiger partial charge is 0.223 e. The lowest BCUT2D eigenvalue weighted by Crippen LogP contribution is -2.46. The quantitative estimate of drug-likeness (QED) is 0.909. The van der Waals surface area contributed by atoms with Crippen molar-refractivity contribution < 1.29 is 5.11 Å². The van der Waals surface area contributed by atoms with Gasteiger partial charge in [-0.05, 0) is 26.3 Å². The molecule has 2 heterocycles. The largest absolute Gasteiger partial charge is 0.503 e. The molecule has 3 rings (SSSR count). The Balaban J connectivity index is 1.83. The maximum Gasteiger partial charge on any atom is 0.223 e. The molecular formula is C16H25N3O2. The van der Waals surface area contributed by atoms with Gasteiger partial charge in [0.25, 0.3) is 0 Å². The zero-order chi connectivity index (χ0) is 15.0. The van der Waals surface area contributed by atoms with Crippen molar-refractivity contribution >= 4 is 0 Å². The van der Waals surface area contributed by atoms with E-state index in [4.69, 9.17) is 0 Å². The Labute approximate surface area is 125 Å². The molecular weight excluding hydrogens is 266 g/mol. The van der Waals surface area contributed by atoms with E-state index in [2.05, 4.69) is 21.3 Å². The lowest BCUT2D eigenvalue weighted by atomic mass is 10.2. The molecule has 0 unspecified atom stereocenters. The number of aryl methyl sites for hydroxylation is 1. The van der Waals surface area contributed by atoms with Gasteiger partial charge in [-0.3, -0.25) is 9.69 Å². The Morgan fingerprint density at radius 1 is 1.19 bits per heavy atom. The van der Waals surface area contributed by atoms with Gasteiger partial charge in [-0.2, -0.15) is 0 Å². The van der Waals surface area contributed by atoms with E-state index >= 15 is 0 Å². The normalized spacial score (nSPS) is 20.9. The maximum absolute atomic E-state index is 11.9. The maximum atomic E-state index is 11.9. The Morgan fingerprint density at radius 3 is 2.38 bits per heavy atom. The van der Waals surface area contributed by atoms with Crippen LogP contribution in [0.25, 0.3) is 0 Å².